The fraction of sp³-hybridized carbons (Fsp3) is 0.227. The number of fused-ring (bicyclic) bond motifs is 1. The van der Waals surface area contributed by atoms with Crippen molar-refractivity contribution >= 4 is 17.0 Å². The fourth-order valence-corrected chi connectivity index (χ4v) is 3.33. The Kier molecular flexibility index (Phi) is 4.47. The summed E-state index contributed by atoms with van der Waals surface area (Å²) in [4.78, 5) is 20.2. The number of hydrogen-bond donors (Lipinski definition) is 2. The number of rotatable bonds is 4. The summed E-state index contributed by atoms with van der Waals surface area (Å²) >= 11 is 0. The summed E-state index contributed by atoms with van der Waals surface area (Å²) < 4.78 is 1.68. The zero-order valence-corrected chi connectivity index (χ0v) is 16.2. The van der Waals surface area contributed by atoms with Gasteiger partial charge in [-0.2, -0.15) is 10.1 Å². The summed E-state index contributed by atoms with van der Waals surface area (Å²) in [5, 5.41) is 8.25. The second-order valence-corrected chi connectivity index (χ2v) is 7.90. The van der Waals surface area contributed by atoms with E-state index >= 15 is 0 Å². The van der Waals surface area contributed by atoms with Gasteiger partial charge in [0, 0.05) is 0 Å². The van der Waals surface area contributed by atoms with Crippen molar-refractivity contribution in [1.29, 1.82) is 0 Å². The highest BCUT2D eigenvalue weighted by Crippen LogP contribution is 2.35. The third-order valence-electron chi connectivity index (χ3n) is 4.72. The van der Waals surface area contributed by atoms with Crippen molar-refractivity contribution in [3.8, 4) is 5.69 Å². The summed E-state index contributed by atoms with van der Waals surface area (Å²) in [6, 6.07) is 19.8. The van der Waals surface area contributed by atoms with E-state index in [9.17, 15) is 4.79 Å². The largest absolute Gasteiger partial charge is 0.348 e. The second kappa shape index (κ2) is 6.96. The van der Waals surface area contributed by atoms with Gasteiger partial charge in [0.25, 0.3) is 5.56 Å². The molecule has 4 rings (SSSR count). The average molecular weight is 373 g/mol. The Bertz CT molecular complexity index is 1140. The number of nitrogens with zero attached hydrogens (tertiary/aromatic N) is 3. The Morgan fingerprint density at radius 3 is 2.29 bits per heavy atom. The van der Waals surface area contributed by atoms with Crippen LogP contribution in [0.2, 0.25) is 0 Å². The van der Waals surface area contributed by atoms with Crippen LogP contribution in [-0.2, 0) is 0 Å². The van der Waals surface area contributed by atoms with E-state index < -0.39 is 0 Å². The average Bonchev–Trinajstić information content (AvgIpc) is 3.11. The van der Waals surface area contributed by atoms with Gasteiger partial charge in [-0.15, -0.1) is 0 Å². The molecule has 0 saturated carbocycles. The van der Waals surface area contributed by atoms with Crippen molar-refractivity contribution in [2.75, 3.05) is 5.32 Å². The zero-order valence-electron chi connectivity index (χ0n) is 16.2. The number of benzene rings is 2. The highest BCUT2D eigenvalue weighted by Gasteiger charge is 2.27. The van der Waals surface area contributed by atoms with Crippen LogP contribution in [0, 0.1) is 5.41 Å². The first-order chi connectivity index (χ1) is 13.4. The Labute approximate surface area is 163 Å². The lowest BCUT2D eigenvalue weighted by Crippen LogP contribution is -2.27. The van der Waals surface area contributed by atoms with Gasteiger partial charge in [0.15, 0.2) is 5.65 Å². The lowest BCUT2D eigenvalue weighted by molar-refractivity contribution is 0.346. The molecule has 6 nitrogen and oxygen atoms in total. The van der Waals surface area contributed by atoms with Crippen LogP contribution in [-0.4, -0.2) is 19.7 Å². The van der Waals surface area contributed by atoms with E-state index in [1.54, 1.807) is 10.9 Å². The normalized spacial score (nSPS) is 12.8. The number of aromatic amines is 1. The first-order valence-corrected chi connectivity index (χ1v) is 9.28. The summed E-state index contributed by atoms with van der Waals surface area (Å²) in [6.07, 6.45) is 1.55. The van der Waals surface area contributed by atoms with Crippen LogP contribution in [0.1, 0.15) is 32.4 Å². The first-order valence-electron chi connectivity index (χ1n) is 9.28. The molecule has 1 unspecified atom stereocenters. The van der Waals surface area contributed by atoms with E-state index in [0.29, 0.717) is 17.0 Å². The van der Waals surface area contributed by atoms with Crippen LogP contribution in [0.5, 0.6) is 0 Å². The molecule has 0 fully saturated rings. The van der Waals surface area contributed by atoms with Crippen LogP contribution >= 0.6 is 0 Å². The third kappa shape index (κ3) is 3.41. The molecule has 2 N–H and O–H groups in total. The molecule has 4 aromatic rings. The Morgan fingerprint density at radius 2 is 1.64 bits per heavy atom. The number of H-pyrrole nitrogens is 1. The Hall–Kier alpha value is -3.41. The standard InChI is InChI=1S/C22H23N5O/c1-22(2,3)18(15-10-6-4-7-11-15)24-21-25-19-17(20(28)26-21)14-23-27(19)16-12-8-5-9-13-16/h4-14,18H,1-3H3,(H2,24,25,26,28). The Morgan fingerprint density at radius 1 is 1.00 bits per heavy atom. The molecule has 0 aliphatic carbocycles. The van der Waals surface area contributed by atoms with Gasteiger partial charge in [0.2, 0.25) is 5.95 Å². The minimum absolute atomic E-state index is 0.0256. The van der Waals surface area contributed by atoms with Gasteiger partial charge >= 0.3 is 0 Å². The highest BCUT2D eigenvalue weighted by molar-refractivity contribution is 5.76. The van der Waals surface area contributed by atoms with Crippen molar-refractivity contribution in [3.63, 3.8) is 0 Å². The van der Waals surface area contributed by atoms with Gasteiger partial charge < -0.3 is 5.32 Å². The van der Waals surface area contributed by atoms with Crippen LogP contribution in [0.4, 0.5) is 5.95 Å². The molecule has 28 heavy (non-hydrogen) atoms. The van der Waals surface area contributed by atoms with Crippen molar-refractivity contribution in [3.05, 3.63) is 82.8 Å². The number of aromatic nitrogens is 4. The molecule has 2 aromatic carbocycles. The molecule has 0 aliphatic heterocycles. The minimum atomic E-state index is -0.213. The van der Waals surface area contributed by atoms with Crippen LogP contribution in [0.25, 0.3) is 16.7 Å². The predicted molar refractivity (Wildman–Crippen MR) is 112 cm³/mol. The molecule has 2 heterocycles. The maximum Gasteiger partial charge on any atom is 0.263 e. The fourth-order valence-electron chi connectivity index (χ4n) is 3.33. The van der Waals surface area contributed by atoms with Crippen LogP contribution in [0.15, 0.2) is 71.7 Å². The van der Waals surface area contributed by atoms with Crippen LogP contribution in [0.3, 0.4) is 0 Å². The molecule has 0 amide bonds. The second-order valence-electron chi connectivity index (χ2n) is 7.90. The third-order valence-corrected chi connectivity index (χ3v) is 4.72. The molecule has 0 radical (unpaired) electrons. The number of nitrogens with one attached hydrogen (secondary N) is 2. The molecule has 0 spiro atoms. The molecule has 0 aliphatic rings. The molecule has 2 aromatic heterocycles. The summed E-state index contributed by atoms with van der Waals surface area (Å²) in [6.45, 7) is 6.47. The molecule has 0 saturated heterocycles. The molecule has 0 bridgehead atoms. The van der Waals surface area contributed by atoms with Gasteiger partial charge in [-0.25, -0.2) is 4.68 Å². The quantitative estimate of drug-likeness (QED) is 0.559. The van der Waals surface area contributed by atoms with E-state index in [1.807, 2.05) is 48.5 Å². The summed E-state index contributed by atoms with van der Waals surface area (Å²) in [5.74, 6) is 0.430. The van der Waals surface area contributed by atoms with Gasteiger partial charge in [-0.3, -0.25) is 9.78 Å². The van der Waals surface area contributed by atoms with Gasteiger partial charge in [0.05, 0.1) is 17.9 Å². The molecule has 1 atom stereocenters. The maximum absolute atomic E-state index is 12.6. The SMILES string of the molecule is CC(C)(C)C(Nc1nc2c(cnn2-c2ccccc2)c(=O)[nH]1)c1ccccc1. The summed E-state index contributed by atoms with van der Waals surface area (Å²) in [5.41, 5.74) is 2.22. The van der Waals surface area contributed by atoms with E-state index in [2.05, 4.69) is 53.3 Å². The first kappa shape index (κ1) is 18.0. The van der Waals surface area contributed by atoms with E-state index in [0.717, 1.165) is 11.3 Å². The number of anilines is 1. The molecular formula is C22H23N5O. The van der Waals surface area contributed by atoms with E-state index in [-0.39, 0.29) is 17.0 Å². The van der Waals surface area contributed by atoms with Crippen LogP contribution < -0.4 is 10.9 Å². The smallest absolute Gasteiger partial charge is 0.263 e. The highest BCUT2D eigenvalue weighted by atomic mass is 16.1. The minimum Gasteiger partial charge on any atom is -0.348 e. The summed E-state index contributed by atoms with van der Waals surface area (Å²) in [7, 11) is 0. The van der Waals surface area contributed by atoms with E-state index in [4.69, 9.17) is 0 Å². The van der Waals surface area contributed by atoms with Gasteiger partial charge in [0.1, 0.15) is 5.39 Å². The number of hydrogen-bond acceptors (Lipinski definition) is 4. The predicted octanol–water partition coefficient (Wildman–Crippen LogP) is 4.31. The number of para-hydroxylation sites is 1. The van der Waals surface area contributed by atoms with Crippen molar-refractivity contribution in [1.82, 2.24) is 19.7 Å². The molecule has 6 heteroatoms. The van der Waals surface area contributed by atoms with E-state index in [1.165, 1.54) is 0 Å². The van der Waals surface area contributed by atoms with Gasteiger partial charge in [-0.05, 0) is 23.1 Å². The monoisotopic (exact) mass is 373 g/mol. The topological polar surface area (TPSA) is 75.6 Å². The lowest BCUT2D eigenvalue weighted by Gasteiger charge is -2.32. The van der Waals surface area contributed by atoms with Crippen molar-refractivity contribution < 1.29 is 0 Å². The van der Waals surface area contributed by atoms with Crippen molar-refractivity contribution in [2.24, 2.45) is 5.41 Å². The molecule has 142 valence electrons. The van der Waals surface area contributed by atoms with Gasteiger partial charge in [-0.1, -0.05) is 69.3 Å². The van der Waals surface area contributed by atoms with Crippen molar-refractivity contribution in [2.45, 2.75) is 26.8 Å². The molecular weight excluding hydrogens is 350 g/mol. The maximum atomic E-state index is 12.6. The Balaban J connectivity index is 1.79. The zero-order chi connectivity index (χ0) is 19.7. The lowest BCUT2D eigenvalue weighted by atomic mass is 9.82.